The minimum Gasteiger partial charge on any atom is -0.324 e. The molecule has 3 aromatic rings. The van der Waals surface area contributed by atoms with Crippen molar-refractivity contribution in [2.75, 3.05) is 5.32 Å². The highest BCUT2D eigenvalue weighted by atomic mass is 35.5. The van der Waals surface area contributed by atoms with Crippen LogP contribution in [0.25, 0.3) is 5.69 Å². The van der Waals surface area contributed by atoms with Crippen LogP contribution in [0.3, 0.4) is 0 Å². The zero-order chi connectivity index (χ0) is 18.7. The highest BCUT2D eigenvalue weighted by Gasteiger charge is 2.18. The molecule has 0 aliphatic carbocycles. The number of thioether (sulfide) groups is 1. The fourth-order valence-corrected chi connectivity index (χ4v) is 4.79. The topological polar surface area (TPSA) is 46.9 Å². The number of nitrogens with zero attached hydrogens (tertiary/aromatic N) is 2. The molecule has 1 aromatic heterocycles. The van der Waals surface area contributed by atoms with Crippen LogP contribution >= 0.6 is 46.9 Å². The lowest BCUT2D eigenvalue weighted by atomic mass is 10.3. The van der Waals surface area contributed by atoms with E-state index in [-0.39, 0.29) is 10.9 Å². The van der Waals surface area contributed by atoms with Gasteiger partial charge in [0.1, 0.15) is 5.82 Å². The van der Waals surface area contributed by atoms with Crippen molar-refractivity contribution >= 4 is 58.5 Å². The Morgan fingerprint density at radius 2 is 2.08 bits per heavy atom. The molecular formula is C17H13ClFN3OS3. The SMILES string of the molecule is C[C@@H](Sc1nn(-c2ccccc2)c(=S)s1)C(=O)Nc1ccc(F)cc1Cl. The van der Waals surface area contributed by atoms with Crippen molar-refractivity contribution in [3.05, 3.63) is 63.3 Å². The fraction of sp³-hybridized carbons (Fsp3) is 0.118. The van der Waals surface area contributed by atoms with Crippen LogP contribution in [0.4, 0.5) is 10.1 Å². The molecule has 0 radical (unpaired) electrons. The standard InChI is InChI=1S/C17H13ClFN3OS3/c1-10(15(23)20-14-8-7-11(19)9-13(14)18)25-16-21-22(17(24)26-16)12-5-3-2-4-6-12/h2-10H,1H3,(H,20,23)/t10-/m1/s1. The van der Waals surface area contributed by atoms with Crippen molar-refractivity contribution in [3.8, 4) is 5.69 Å². The summed E-state index contributed by atoms with van der Waals surface area (Å²) in [7, 11) is 0. The lowest BCUT2D eigenvalue weighted by molar-refractivity contribution is -0.115. The average molecular weight is 426 g/mol. The third kappa shape index (κ3) is 4.50. The molecule has 9 heteroatoms. The van der Waals surface area contributed by atoms with Crippen LogP contribution in [-0.4, -0.2) is 20.9 Å². The maximum atomic E-state index is 13.1. The molecule has 4 nitrogen and oxygen atoms in total. The first kappa shape index (κ1) is 19.0. The smallest absolute Gasteiger partial charge is 0.237 e. The summed E-state index contributed by atoms with van der Waals surface area (Å²) in [6, 6.07) is 13.4. The Morgan fingerprint density at radius 1 is 1.35 bits per heavy atom. The quantitative estimate of drug-likeness (QED) is 0.428. The molecule has 3 rings (SSSR count). The van der Waals surface area contributed by atoms with E-state index in [0.29, 0.717) is 14.0 Å². The number of hydrogen-bond donors (Lipinski definition) is 1. The minimum atomic E-state index is -0.457. The largest absolute Gasteiger partial charge is 0.324 e. The van der Waals surface area contributed by atoms with E-state index >= 15 is 0 Å². The van der Waals surface area contributed by atoms with Gasteiger partial charge >= 0.3 is 0 Å². The van der Waals surface area contributed by atoms with Gasteiger partial charge < -0.3 is 5.32 Å². The van der Waals surface area contributed by atoms with Crippen molar-refractivity contribution in [1.29, 1.82) is 0 Å². The van der Waals surface area contributed by atoms with Crippen LogP contribution in [0.1, 0.15) is 6.92 Å². The number of carbonyl (C=O) groups is 1. The molecule has 0 bridgehead atoms. The van der Waals surface area contributed by atoms with Gasteiger partial charge in [0, 0.05) is 0 Å². The second kappa shape index (κ2) is 8.30. The molecule has 1 heterocycles. The molecule has 0 saturated heterocycles. The number of benzene rings is 2. The van der Waals surface area contributed by atoms with Crippen LogP contribution in [0.5, 0.6) is 0 Å². The second-order valence-corrected chi connectivity index (χ2v) is 8.87. The predicted molar refractivity (Wildman–Crippen MR) is 108 cm³/mol. The number of halogens is 2. The van der Waals surface area contributed by atoms with Gasteiger partial charge in [-0.25, -0.2) is 9.07 Å². The molecule has 0 spiro atoms. The van der Waals surface area contributed by atoms with Crippen LogP contribution in [-0.2, 0) is 4.79 Å². The Hall–Kier alpha value is -1.74. The third-order valence-corrected chi connectivity index (χ3v) is 6.09. The molecule has 0 unspecified atom stereocenters. The first-order chi connectivity index (χ1) is 12.4. The Labute approximate surface area is 168 Å². The van der Waals surface area contributed by atoms with Gasteiger partial charge in [-0.05, 0) is 49.5 Å². The average Bonchev–Trinajstić information content (AvgIpc) is 2.98. The normalized spacial score (nSPS) is 12.0. The van der Waals surface area contributed by atoms with Gasteiger partial charge in [0.2, 0.25) is 5.91 Å². The van der Waals surface area contributed by atoms with Crippen LogP contribution in [0.2, 0.25) is 5.02 Å². The lowest BCUT2D eigenvalue weighted by Gasteiger charge is -2.11. The molecule has 0 aliphatic heterocycles. The zero-order valence-corrected chi connectivity index (χ0v) is 16.7. The van der Waals surface area contributed by atoms with Crippen molar-refractivity contribution in [1.82, 2.24) is 9.78 Å². The Balaban J connectivity index is 1.71. The minimum absolute atomic E-state index is 0.152. The van der Waals surface area contributed by atoms with E-state index in [9.17, 15) is 9.18 Å². The molecule has 0 fully saturated rings. The first-order valence-corrected chi connectivity index (χ1v) is 10.0. The number of para-hydroxylation sites is 1. The molecule has 134 valence electrons. The molecule has 1 N–H and O–H groups in total. The second-order valence-electron chi connectivity index (χ2n) is 5.25. The van der Waals surface area contributed by atoms with E-state index in [4.69, 9.17) is 23.8 Å². The lowest BCUT2D eigenvalue weighted by Crippen LogP contribution is -2.22. The summed E-state index contributed by atoms with van der Waals surface area (Å²) in [5, 5.41) is 6.90. The molecule has 0 aliphatic rings. The van der Waals surface area contributed by atoms with E-state index in [1.165, 1.54) is 35.2 Å². The summed E-state index contributed by atoms with van der Waals surface area (Å²) in [6.07, 6.45) is 0. The van der Waals surface area contributed by atoms with E-state index in [0.717, 1.165) is 11.8 Å². The van der Waals surface area contributed by atoms with Crippen molar-refractivity contribution in [3.63, 3.8) is 0 Å². The molecule has 0 saturated carbocycles. The number of rotatable bonds is 5. The summed E-state index contributed by atoms with van der Waals surface area (Å²) in [4.78, 5) is 12.4. The van der Waals surface area contributed by atoms with Gasteiger partial charge in [0.25, 0.3) is 0 Å². The molecule has 26 heavy (non-hydrogen) atoms. The Kier molecular flexibility index (Phi) is 6.08. The van der Waals surface area contributed by atoms with Crippen LogP contribution < -0.4 is 5.32 Å². The number of amides is 1. The number of hydrogen-bond acceptors (Lipinski definition) is 5. The Bertz CT molecular complexity index is 990. The predicted octanol–water partition coefficient (Wildman–Crippen LogP) is 5.58. The summed E-state index contributed by atoms with van der Waals surface area (Å²) in [6.45, 7) is 1.76. The van der Waals surface area contributed by atoms with Crippen LogP contribution in [0.15, 0.2) is 52.9 Å². The highest BCUT2D eigenvalue weighted by molar-refractivity contribution is 8.02. The third-order valence-electron chi connectivity index (χ3n) is 3.37. The molecular weight excluding hydrogens is 413 g/mol. The number of nitrogens with one attached hydrogen (secondary N) is 1. The van der Waals surface area contributed by atoms with Gasteiger partial charge in [-0.1, -0.05) is 52.9 Å². The fourth-order valence-electron chi connectivity index (χ4n) is 2.07. The van der Waals surface area contributed by atoms with Crippen molar-refractivity contribution in [2.24, 2.45) is 0 Å². The zero-order valence-electron chi connectivity index (χ0n) is 13.5. The number of aromatic nitrogens is 2. The maximum Gasteiger partial charge on any atom is 0.237 e. The van der Waals surface area contributed by atoms with E-state index < -0.39 is 11.1 Å². The van der Waals surface area contributed by atoms with Gasteiger partial charge in [-0.3, -0.25) is 4.79 Å². The first-order valence-electron chi connectivity index (χ1n) is 7.52. The van der Waals surface area contributed by atoms with E-state index in [2.05, 4.69) is 10.4 Å². The van der Waals surface area contributed by atoms with Crippen LogP contribution in [0, 0.1) is 9.77 Å². The van der Waals surface area contributed by atoms with E-state index in [1.54, 1.807) is 11.6 Å². The van der Waals surface area contributed by atoms with Gasteiger partial charge in [-0.15, -0.1) is 5.10 Å². The van der Waals surface area contributed by atoms with Crippen molar-refractivity contribution < 1.29 is 9.18 Å². The Morgan fingerprint density at radius 3 is 2.77 bits per heavy atom. The highest BCUT2D eigenvalue weighted by Crippen LogP contribution is 2.29. The summed E-state index contributed by atoms with van der Waals surface area (Å²) in [5.74, 6) is -0.711. The maximum absolute atomic E-state index is 13.1. The van der Waals surface area contributed by atoms with E-state index in [1.807, 2.05) is 30.3 Å². The molecule has 1 atom stereocenters. The number of anilines is 1. The van der Waals surface area contributed by atoms with Crippen molar-refractivity contribution in [2.45, 2.75) is 16.5 Å². The summed E-state index contributed by atoms with van der Waals surface area (Å²) >= 11 is 13.9. The van der Waals surface area contributed by atoms with Gasteiger partial charge in [0.15, 0.2) is 8.29 Å². The number of carbonyl (C=O) groups excluding carboxylic acids is 1. The molecule has 2 aromatic carbocycles. The summed E-state index contributed by atoms with van der Waals surface area (Å²) in [5.41, 5.74) is 1.24. The summed E-state index contributed by atoms with van der Waals surface area (Å²) < 4.78 is 16.1. The molecule has 1 amide bonds. The van der Waals surface area contributed by atoms with Gasteiger partial charge in [-0.2, -0.15) is 0 Å². The van der Waals surface area contributed by atoms with Gasteiger partial charge in [0.05, 0.1) is 21.6 Å². The monoisotopic (exact) mass is 425 g/mol.